The molecule has 0 saturated carbocycles. The second-order valence-corrected chi connectivity index (χ2v) is 4.83. The third kappa shape index (κ3) is 3.48. The van der Waals surface area contributed by atoms with E-state index >= 15 is 0 Å². The summed E-state index contributed by atoms with van der Waals surface area (Å²) < 4.78 is 0. The summed E-state index contributed by atoms with van der Waals surface area (Å²) in [6, 6.07) is 12.8. The molecule has 98 valence electrons. The van der Waals surface area contributed by atoms with Gasteiger partial charge in [0.25, 0.3) is 0 Å². The highest BCUT2D eigenvalue weighted by atomic mass is 35.5. The molecule has 1 amide bonds. The highest BCUT2D eigenvalue weighted by molar-refractivity contribution is 6.30. The van der Waals surface area contributed by atoms with Crippen LogP contribution in [-0.2, 0) is 11.2 Å². The molecule has 0 aliphatic carbocycles. The highest BCUT2D eigenvalue weighted by Gasteiger charge is 2.08. The highest BCUT2D eigenvalue weighted by Crippen LogP contribution is 2.22. The Balaban J connectivity index is 2.07. The van der Waals surface area contributed by atoms with Crippen molar-refractivity contribution in [3.8, 4) is 0 Å². The van der Waals surface area contributed by atoms with Crippen LogP contribution in [0.5, 0.6) is 0 Å². The second-order valence-electron chi connectivity index (χ2n) is 4.39. The molecule has 3 nitrogen and oxygen atoms in total. The number of amides is 1. The molecular formula is C15H15ClN2O. The van der Waals surface area contributed by atoms with E-state index in [1.807, 2.05) is 31.2 Å². The fraction of sp³-hybridized carbons (Fsp3) is 0.133. The lowest BCUT2D eigenvalue weighted by molar-refractivity contribution is -0.115. The Hall–Kier alpha value is -2.00. The maximum Gasteiger partial charge on any atom is 0.228 e. The molecule has 0 fully saturated rings. The minimum absolute atomic E-state index is 0.0941. The molecule has 2 rings (SSSR count). The summed E-state index contributed by atoms with van der Waals surface area (Å²) in [5.74, 6) is -0.0941. The lowest BCUT2D eigenvalue weighted by Crippen LogP contribution is -2.16. The number of hydrogen-bond donors (Lipinski definition) is 2. The van der Waals surface area contributed by atoms with Gasteiger partial charge in [0.05, 0.1) is 17.8 Å². The lowest BCUT2D eigenvalue weighted by atomic mass is 10.1. The summed E-state index contributed by atoms with van der Waals surface area (Å²) in [6.07, 6.45) is 0.297. The number of nitrogens with two attached hydrogens (primary N) is 1. The van der Waals surface area contributed by atoms with Crippen molar-refractivity contribution in [3.63, 3.8) is 0 Å². The van der Waals surface area contributed by atoms with Crippen LogP contribution >= 0.6 is 11.6 Å². The first-order chi connectivity index (χ1) is 9.06. The van der Waals surface area contributed by atoms with Crippen molar-refractivity contribution in [2.75, 3.05) is 11.1 Å². The van der Waals surface area contributed by atoms with Gasteiger partial charge in [-0.25, -0.2) is 0 Å². The number of para-hydroxylation sites is 1. The van der Waals surface area contributed by atoms with E-state index in [4.69, 9.17) is 17.3 Å². The summed E-state index contributed by atoms with van der Waals surface area (Å²) in [5, 5.41) is 3.50. The van der Waals surface area contributed by atoms with Crippen LogP contribution in [0.25, 0.3) is 0 Å². The average Bonchev–Trinajstić information content (AvgIpc) is 2.37. The molecule has 2 aromatic carbocycles. The van der Waals surface area contributed by atoms with Crippen molar-refractivity contribution in [2.24, 2.45) is 0 Å². The van der Waals surface area contributed by atoms with E-state index in [-0.39, 0.29) is 5.91 Å². The molecule has 19 heavy (non-hydrogen) atoms. The van der Waals surface area contributed by atoms with E-state index < -0.39 is 0 Å². The quantitative estimate of drug-likeness (QED) is 0.843. The summed E-state index contributed by atoms with van der Waals surface area (Å²) >= 11 is 5.80. The number of hydrogen-bond acceptors (Lipinski definition) is 2. The number of carbonyl (C=O) groups excluding carboxylic acids is 1. The Labute approximate surface area is 117 Å². The molecule has 0 radical (unpaired) electrons. The number of halogens is 1. The minimum Gasteiger partial charge on any atom is -0.397 e. The third-order valence-corrected chi connectivity index (χ3v) is 3.10. The van der Waals surface area contributed by atoms with Crippen LogP contribution in [0, 0.1) is 6.92 Å². The smallest absolute Gasteiger partial charge is 0.228 e. The van der Waals surface area contributed by atoms with Gasteiger partial charge in [-0.3, -0.25) is 4.79 Å². The van der Waals surface area contributed by atoms with Crippen molar-refractivity contribution >= 4 is 28.9 Å². The van der Waals surface area contributed by atoms with Crippen molar-refractivity contribution in [2.45, 2.75) is 13.3 Å². The number of nitrogen functional groups attached to an aromatic ring is 1. The Kier molecular flexibility index (Phi) is 4.07. The predicted molar refractivity (Wildman–Crippen MR) is 79.4 cm³/mol. The van der Waals surface area contributed by atoms with Gasteiger partial charge in [-0.1, -0.05) is 35.9 Å². The summed E-state index contributed by atoms with van der Waals surface area (Å²) in [7, 11) is 0. The maximum atomic E-state index is 12.0. The van der Waals surface area contributed by atoms with Gasteiger partial charge < -0.3 is 11.1 Å². The fourth-order valence-corrected chi connectivity index (χ4v) is 1.96. The molecule has 0 aliphatic rings. The number of rotatable bonds is 3. The van der Waals surface area contributed by atoms with Crippen LogP contribution in [0.1, 0.15) is 11.1 Å². The molecule has 0 aromatic heterocycles. The third-order valence-electron chi connectivity index (χ3n) is 2.85. The van der Waals surface area contributed by atoms with Gasteiger partial charge >= 0.3 is 0 Å². The zero-order chi connectivity index (χ0) is 13.8. The summed E-state index contributed by atoms with van der Waals surface area (Å²) in [4.78, 5) is 12.0. The normalized spacial score (nSPS) is 10.2. The monoisotopic (exact) mass is 274 g/mol. The predicted octanol–water partition coefficient (Wildman–Crippen LogP) is 3.41. The molecule has 2 aromatic rings. The summed E-state index contributed by atoms with van der Waals surface area (Å²) in [6.45, 7) is 1.91. The zero-order valence-corrected chi connectivity index (χ0v) is 11.4. The topological polar surface area (TPSA) is 55.1 Å². The van der Waals surface area contributed by atoms with Crippen molar-refractivity contribution in [3.05, 3.63) is 58.6 Å². The van der Waals surface area contributed by atoms with E-state index in [2.05, 4.69) is 5.32 Å². The van der Waals surface area contributed by atoms with E-state index in [9.17, 15) is 4.79 Å². The Morgan fingerprint density at radius 3 is 2.53 bits per heavy atom. The van der Waals surface area contributed by atoms with Crippen molar-refractivity contribution in [1.29, 1.82) is 0 Å². The Morgan fingerprint density at radius 1 is 1.21 bits per heavy atom. The minimum atomic E-state index is -0.0941. The molecule has 3 N–H and O–H groups in total. The fourth-order valence-electron chi connectivity index (χ4n) is 1.83. The lowest BCUT2D eigenvalue weighted by Gasteiger charge is -2.11. The Bertz CT molecular complexity index is 573. The molecule has 0 unspecified atom stereocenters. The van der Waals surface area contributed by atoms with Crippen LogP contribution in [0.2, 0.25) is 5.02 Å². The average molecular weight is 275 g/mol. The molecule has 0 atom stereocenters. The molecule has 0 spiro atoms. The number of benzene rings is 2. The van der Waals surface area contributed by atoms with Crippen LogP contribution in [0.15, 0.2) is 42.5 Å². The first-order valence-electron chi connectivity index (χ1n) is 5.95. The maximum absolute atomic E-state index is 12.0. The second kappa shape index (κ2) is 5.76. The van der Waals surface area contributed by atoms with Gasteiger partial charge in [-0.05, 0) is 36.2 Å². The standard InChI is InChI=1S/C15H15ClN2O/c1-10-3-2-4-13(17)15(10)18-14(19)9-11-5-7-12(16)8-6-11/h2-8H,9,17H2,1H3,(H,18,19). The molecule has 4 heteroatoms. The number of aryl methyl sites for hydroxylation is 1. The van der Waals surface area contributed by atoms with Gasteiger partial charge in [0, 0.05) is 5.02 Å². The molecule has 0 heterocycles. The van der Waals surface area contributed by atoms with Crippen LogP contribution < -0.4 is 11.1 Å². The molecule has 0 saturated heterocycles. The van der Waals surface area contributed by atoms with Gasteiger partial charge in [-0.15, -0.1) is 0 Å². The largest absolute Gasteiger partial charge is 0.397 e. The number of nitrogens with one attached hydrogen (secondary N) is 1. The van der Waals surface area contributed by atoms with Gasteiger partial charge in [-0.2, -0.15) is 0 Å². The Morgan fingerprint density at radius 2 is 1.89 bits per heavy atom. The van der Waals surface area contributed by atoms with Crippen LogP contribution in [0.4, 0.5) is 11.4 Å². The number of carbonyl (C=O) groups is 1. The van der Waals surface area contributed by atoms with E-state index in [0.717, 1.165) is 11.1 Å². The van der Waals surface area contributed by atoms with Gasteiger partial charge in [0.1, 0.15) is 0 Å². The molecule has 0 bridgehead atoms. The van der Waals surface area contributed by atoms with Gasteiger partial charge in [0.15, 0.2) is 0 Å². The molecule has 0 aliphatic heterocycles. The van der Waals surface area contributed by atoms with Crippen LogP contribution in [-0.4, -0.2) is 5.91 Å². The van der Waals surface area contributed by atoms with Crippen LogP contribution in [0.3, 0.4) is 0 Å². The van der Waals surface area contributed by atoms with E-state index in [1.54, 1.807) is 18.2 Å². The first-order valence-corrected chi connectivity index (χ1v) is 6.33. The van der Waals surface area contributed by atoms with Crippen molar-refractivity contribution < 1.29 is 4.79 Å². The van der Waals surface area contributed by atoms with E-state index in [0.29, 0.717) is 22.8 Å². The van der Waals surface area contributed by atoms with E-state index in [1.165, 1.54) is 0 Å². The van der Waals surface area contributed by atoms with Crippen molar-refractivity contribution in [1.82, 2.24) is 0 Å². The first kappa shape index (κ1) is 13.4. The number of anilines is 2. The zero-order valence-electron chi connectivity index (χ0n) is 10.6. The molecular weight excluding hydrogens is 260 g/mol. The summed E-state index contributed by atoms with van der Waals surface area (Å²) in [5.41, 5.74) is 8.97. The van der Waals surface area contributed by atoms with Gasteiger partial charge in [0.2, 0.25) is 5.91 Å². The SMILES string of the molecule is Cc1cccc(N)c1NC(=O)Cc1ccc(Cl)cc1.